The van der Waals surface area contributed by atoms with E-state index < -0.39 is 0 Å². The Morgan fingerprint density at radius 1 is 1.22 bits per heavy atom. The van der Waals surface area contributed by atoms with E-state index in [-0.39, 0.29) is 5.82 Å². The van der Waals surface area contributed by atoms with E-state index in [1.807, 2.05) is 13.0 Å². The van der Waals surface area contributed by atoms with Gasteiger partial charge in [0.25, 0.3) is 0 Å². The number of ether oxygens (including phenoxy) is 1. The molecule has 0 aliphatic heterocycles. The Morgan fingerprint density at radius 2 is 2.00 bits per heavy atom. The van der Waals surface area contributed by atoms with Crippen LogP contribution < -0.4 is 10.5 Å². The lowest BCUT2D eigenvalue weighted by Gasteiger charge is -2.11. The predicted octanol–water partition coefficient (Wildman–Crippen LogP) is 4.06. The Bertz CT molecular complexity index is 520. The topological polar surface area (TPSA) is 35.2 Å². The molecule has 0 radical (unpaired) electrons. The van der Waals surface area contributed by atoms with Crippen molar-refractivity contribution in [1.82, 2.24) is 0 Å². The first-order valence-corrected chi connectivity index (χ1v) is 6.28. The summed E-state index contributed by atoms with van der Waals surface area (Å²) in [7, 11) is 0. The van der Waals surface area contributed by atoms with Crippen LogP contribution in [0.4, 0.5) is 10.1 Å². The van der Waals surface area contributed by atoms with Gasteiger partial charge in [-0.15, -0.1) is 0 Å². The minimum absolute atomic E-state index is 0.258. The lowest BCUT2D eigenvalue weighted by atomic mass is 10.1. The molecule has 2 nitrogen and oxygen atoms in total. The molecule has 0 atom stereocenters. The number of hydrogen-bond acceptors (Lipinski definition) is 2. The first-order valence-electron chi connectivity index (χ1n) is 5.49. The van der Waals surface area contributed by atoms with Gasteiger partial charge in [-0.25, -0.2) is 4.39 Å². The van der Waals surface area contributed by atoms with Gasteiger partial charge in [-0.1, -0.05) is 6.07 Å². The van der Waals surface area contributed by atoms with Crippen molar-refractivity contribution in [2.75, 3.05) is 5.73 Å². The summed E-state index contributed by atoms with van der Waals surface area (Å²) in [6.45, 7) is 2.23. The van der Waals surface area contributed by atoms with E-state index in [0.717, 1.165) is 15.6 Å². The summed E-state index contributed by atoms with van der Waals surface area (Å²) in [5, 5.41) is 0. The molecule has 0 saturated heterocycles. The second-order valence-electron chi connectivity index (χ2n) is 4.05. The van der Waals surface area contributed by atoms with Crippen molar-refractivity contribution >= 4 is 21.6 Å². The third kappa shape index (κ3) is 3.01. The normalized spacial score (nSPS) is 10.4. The number of nitrogen functional groups attached to an aromatic ring is 1. The zero-order chi connectivity index (χ0) is 13.1. The molecule has 0 fully saturated rings. The Balaban J connectivity index is 2.16. The lowest BCUT2D eigenvalue weighted by Crippen LogP contribution is -1.99. The summed E-state index contributed by atoms with van der Waals surface area (Å²) < 4.78 is 19.6. The molecule has 0 heterocycles. The molecule has 18 heavy (non-hydrogen) atoms. The highest BCUT2D eigenvalue weighted by molar-refractivity contribution is 9.10. The van der Waals surface area contributed by atoms with Gasteiger partial charge in [0.15, 0.2) is 0 Å². The van der Waals surface area contributed by atoms with E-state index in [4.69, 9.17) is 10.5 Å². The monoisotopic (exact) mass is 309 g/mol. The minimum Gasteiger partial charge on any atom is -0.488 e. The third-order valence-electron chi connectivity index (χ3n) is 2.65. The predicted molar refractivity (Wildman–Crippen MR) is 74.0 cm³/mol. The number of hydrogen-bond donors (Lipinski definition) is 1. The van der Waals surface area contributed by atoms with Crippen LogP contribution in [0.1, 0.15) is 11.1 Å². The standard InChI is InChI=1S/C14H13BrFNO/c1-9-2-3-11(16)6-10(9)8-18-14-7-12(17)4-5-13(14)15/h2-7H,8,17H2,1H3. The molecule has 0 unspecified atom stereocenters. The molecule has 0 saturated carbocycles. The fourth-order valence-corrected chi connectivity index (χ4v) is 1.94. The molecule has 0 bridgehead atoms. The Hall–Kier alpha value is -1.55. The van der Waals surface area contributed by atoms with Crippen molar-refractivity contribution in [3.8, 4) is 5.75 Å². The average molecular weight is 310 g/mol. The van der Waals surface area contributed by atoms with Crippen molar-refractivity contribution in [3.05, 3.63) is 57.8 Å². The van der Waals surface area contributed by atoms with Gasteiger partial charge in [-0.05, 0) is 58.2 Å². The van der Waals surface area contributed by atoms with Crippen molar-refractivity contribution in [2.45, 2.75) is 13.5 Å². The van der Waals surface area contributed by atoms with Crippen LogP contribution in [-0.4, -0.2) is 0 Å². The van der Waals surface area contributed by atoms with Gasteiger partial charge < -0.3 is 10.5 Å². The molecule has 0 aliphatic rings. The third-order valence-corrected chi connectivity index (χ3v) is 3.30. The van der Waals surface area contributed by atoms with Crippen LogP contribution in [0.3, 0.4) is 0 Å². The SMILES string of the molecule is Cc1ccc(F)cc1COc1cc(N)ccc1Br. The number of anilines is 1. The quantitative estimate of drug-likeness (QED) is 0.868. The second-order valence-corrected chi connectivity index (χ2v) is 4.90. The zero-order valence-electron chi connectivity index (χ0n) is 9.91. The molecular weight excluding hydrogens is 297 g/mol. The molecular formula is C14H13BrFNO. The number of rotatable bonds is 3. The molecule has 4 heteroatoms. The van der Waals surface area contributed by atoms with Crippen LogP contribution in [0.5, 0.6) is 5.75 Å². The van der Waals surface area contributed by atoms with E-state index in [9.17, 15) is 4.39 Å². The van der Waals surface area contributed by atoms with Crippen LogP contribution in [-0.2, 0) is 6.61 Å². The van der Waals surface area contributed by atoms with Crippen molar-refractivity contribution < 1.29 is 9.13 Å². The van der Waals surface area contributed by atoms with Crippen LogP contribution in [0, 0.1) is 12.7 Å². The van der Waals surface area contributed by atoms with Crippen LogP contribution in [0.25, 0.3) is 0 Å². The lowest BCUT2D eigenvalue weighted by molar-refractivity contribution is 0.303. The first-order chi connectivity index (χ1) is 8.56. The van der Waals surface area contributed by atoms with Crippen molar-refractivity contribution in [2.24, 2.45) is 0 Å². The molecule has 2 rings (SSSR count). The van der Waals surface area contributed by atoms with Crippen molar-refractivity contribution in [1.29, 1.82) is 0 Å². The highest BCUT2D eigenvalue weighted by Crippen LogP contribution is 2.28. The summed E-state index contributed by atoms with van der Waals surface area (Å²) in [5.41, 5.74) is 8.14. The Morgan fingerprint density at radius 3 is 2.78 bits per heavy atom. The van der Waals surface area contributed by atoms with Crippen LogP contribution in [0.15, 0.2) is 40.9 Å². The molecule has 0 amide bonds. The number of nitrogens with two attached hydrogens (primary N) is 1. The van der Waals surface area contributed by atoms with Gasteiger partial charge in [0.05, 0.1) is 4.47 Å². The number of halogens is 2. The molecule has 94 valence electrons. The Kier molecular flexibility index (Phi) is 3.87. The fourth-order valence-electron chi connectivity index (χ4n) is 1.58. The van der Waals surface area contributed by atoms with E-state index in [2.05, 4.69) is 15.9 Å². The smallest absolute Gasteiger partial charge is 0.136 e. The maximum Gasteiger partial charge on any atom is 0.136 e. The van der Waals surface area contributed by atoms with E-state index in [0.29, 0.717) is 18.0 Å². The number of benzene rings is 2. The van der Waals surface area contributed by atoms with Gasteiger partial charge in [-0.3, -0.25) is 0 Å². The van der Waals surface area contributed by atoms with Gasteiger partial charge in [0.1, 0.15) is 18.2 Å². The molecule has 0 aliphatic carbocycles. The summed E-state index contributed by atoms with van der Waals surface area (Å²) >= 11 is 3.38. The molecule has 0 spiro atoms. The van der Waals surface area contributed by atoms with Crippen LogP contribution in [0.2, 0.25) is 0 Å². The highest BCUT2D eigenvalue weighted by atomic mass is 79.9. The zero-order valence-corrected chi connectivity index (χ0v) is 11.5. The minimum atomic E-state index is -0.258. The van der Waals surface area contributed by atoms with Gasteiger partial charge >= 0.3 is 0 Å². The van der Waals surface area contributed by atoms with Gasteiger partial charge in [0.2, 0.25) is 0 Å². The molecule has 2 N–H and O–H groups in total. The molecule has 2 aromatic carbocycles. The maximum atomic E-state index is 13.1. The Labute approximate surface area is 114 Å². The molecule has 0 aromatic heterocycles. The van der Waals surface area contributed by atoms with E-state index in [1.54, 1.807) is 18.2 Å². The summed E-state index contributed by atoms with van der Waals surface area (Å²) in [6, 6.07) is 10.00. The summed E-state index contributed by atoms with van der Waals surface area (Å²) in [5.74, 6) is 0.393. The van der Waals surface area contributed by atoms with Gasteiger partial charge in [-0.2, -0.15) is 0 Å². The van der Waals surface area contributed by atoms with E-state index >= 15 is 0 Å². The number of aryl methyl sites for hydroxylation is 1. The van der Waals surface area contributed by atoms with E-state index in [1.165, 1.54) is 12.1 Å². The maximum absolute atomic E-state index is 13.1. The fraction of sp³-hybridized carbons (Fsp3) is 0.143. The first kappa shape index (κ1) is 12.9. The van der Waals surface area contributed by atoms with Gasteiger partial charge in [0, 0.05) is 11.8 Å². The second kappa shape index (κ2) is 5.40. The average Bonchev–Trinajstić information content (AvgIpc) is 2.34. The summed E-state index contributed by atoms with van der Waals surface area (Å²) in [6.07, 6.45) is 0. The summed E-state index contributed by atoms with van der Waals surface area (Å²) in [4.78, 5) is 0. The van der Waals surface area contributed by atoms with Crippen LogP contribution >= 0.6 is 15.9 Å². The molecule has 2 aromatic rings. The van der Waals surface area contributed by atoms with Crippen molar-refractivity contribution in [3.63, 3.8) is 0 Å². The highest BCUT2D eigenvalue weighted by Gasteiger charge is 2.05. The largest absolute Gasteiger partial charge is 0.488 e.